The van der Waals surface area contributed by atoms with Crippen LogP contribution < -0.4 is 10.9 Å². The van der Waals surface area contributed by atoms with Gasteiger partial charge >= 0.3 is 0 Å². The van der Waals surface area contributed by atoms with Gasteiger partial charge < -0.3 is 5.32 Å². The predicted molar refractivity (Wildman–Crippen MR) is 68.7 cm³/mol. The van der Waals surface area contributed by atoms with Gasteiger partial charge in [0.25, 0.3) is 5.56 Å². The molecule has 2 aromatic rings. The second-order valence-corrected chi connectivity index (χ2v) is 4.67. The molecule has 0 radical (unpaired) electrons. The average molecular weight is 264 g/mol. The first-order chi connectivity index (χ1) is 8.58. The Bertz CT molecular complexity index is 618. The number of amides is 1. The number of hydrogen-bond acceptors (Lipinski definition) is 5. The summed E-state index contributed by atoms with van der Waals surface area (Å²) in [5, 5.41) is 4.89. The molecule has 1 amide bonds. The molecule has 0 aliphatic rings. The number of carbonyl (C=O) groups is 1. The van der Waals surface area contributed by atoms with Crippen LogP contribution in [0.5, 0.6) is 0 Å². The van der Waals surface area contributed by atoms with Crippen molar-refractivity contribution in [1.82, 2.24) is 14.5 Å². The molecule has 0 aromatic carbocycles. The molecule has 0 atom stereocenters. The Hall–Kier alpha value is -2.02. The van der Waals surface area contributed by atoms with Crippen LogP contribution in [0.25, 0.3) is 0 Å². The maximum absolute atomic E-state index is 11.9. The van der Waals surface area contributed by atoms with Gasteiger partial charge in [-0.2, -0.15) is 0 Å². The van der Waals surface area contributed by atoms with Crippen LogP contribution in [-0.2, 0) is 11.3 Å². The van der Waals surface area contributed by atoms with E-state index < -0.39 is 0 Å². The Labute approximate surface area is 107 Å². The van der Waals surface area contributed by atoms with Crippen molar-refractivity contribution in [2.24, 2.45) is 0 Å². The Balaban J connectivity index is 2.13. The van der Waals surface area contributed by atoms with Crippen molar-refractivity contribution in [2.75, 3.05) is 5.32 Å². The van der Waals surface area contributed by atoms with E-state index in [0.29, 0.717) is 16.4 Å². The summed E-state index contributed by atoms with van der Waals surface area (Å²) in [4.78, 5) is 31.5. The molecule has 94 valence electrons. The summed E-state index contributed by atoms with van der Waals surface area (Å²) in [7, 11) is 0. The summed E-state index contributed by atoms with van der Waals surface area (Å²) < 4.78 is 1.28. The van der Waals surface area contributed by atoms with Crippen LogP contribution in [0.3, 0.4) is 0 Å². The zero-order chi connectivity index (χ0) is 13.1. The Morgan fingerprint density at radius 1 is 1.44 bits per heavy atom. The van der Waals surface area contributed by atoms with Gasteiger partial charge in [0.2, 0.25) is 5.91 Å². The van der Waals surface area contributed by atoms with Gasteiger partial charge in [-0.3, -0.25) is 14.2 Å². The van der Waals surface area contributed by atoms with Crippen LogP contribution in [0.15, 0.2) is 22.7 Å². The zero-order valence-electron chi connectivity index (χ0n) is 10.0. The number of carbonyl (C=O) groups excluding carboxylic acids is 1. The number of nitrogens with zero attached hydrogens (tertiary/aromatic N) is 3. The highest BCUT2D eigenvalue weighted by Crippen LogP contribution is 2.09. The molecular formula is C11H12N4O2S. The number of hydrogen-bond donors (Lipinski definition) is 1. The van der Waals surface area contributed by atoms with E-state index in [-0.39, 0.29) is 18.0 Å². The summed E-state index contributed by atoms with van der Waals surface area (Å²) in [5.41, 5.74) is 1.04. The van der Waals surface area contributed by atoms with Gasteiger partial charge in [0, 0.05) is 22.8 Å². The first-order valence-corrected chi connectivity index (χ1v) is 6.18. The predicted octanol–water partition coefficient (Wildman–Crippen LogP) is 0.955. The van der Waals surface area contributed by atoms with Gasteiger partial charge in [0.1, 0.15) is 6.54 Å². The average Bonchev–Trinajstić information content (AvgIpc) is 2.83. The topological polar surface area (TPSA) is 76.9 Å². The van der Waals surface area contributed by atoms with Gasteiger partial charge in [-0.15, -0.1) is 11.3 Å². The third-order valence-corrected chi connectivity index (χ3v) is 3.20. The van der Waals surface area contributed by atoms with E-state index in [4.69, 9.17) is 0 Å². The fraction of sp³-hybridized carbons (Fsp3) is 0.273. The maximum atomic E-state index is 11.9. The summed E-state index contributed by atoms with van der Waals surface area (Å²) in [5.74, 6) is -0.294. The molecular weight excluding hydrogens is 252 g/mol. The van der Waals surface area contributed by atoms with E-state index in [1.54, 1.807) is 25.4 Å². The second kappa shape index (κ2) is 5.09. The van der Waals surface area contributed by atoms with Crippen LogP contribution in [0, 0.1) is 13.8 Å². The van der Waals surface area contributed by atoms with Crippen molar-refractivity contribution in [3.05, 3.63) is 39.5 Å². The first-order valence-electron chi connectivity index (χ1n) is 5.30. The Morgan fingerprint density at radius 3 is 2.89 bits per heavy atom. The summed E-state index contributed by atoms with van der Waals surface area (Å²) in [6, 6.07) is 0. The van der Waals surface area contributed by atoms with Crippen LogP contribution in [0.1, 0.15) is 11.3 Å². The highest BCUT2D eigenvalue weighted by Gasteiger charge is 2.09. The molecule has 6 nitrogen and oxygen atoms in total. The molecule has 0 saturated carbocycles. The van der Waals surface area contributed by atoms with Crippen LogP contribution in [0.4, 0.5) is 5.13 Å². The molecule has 0 spiro atoms. The second-order valence-electron chi connectivity index (χ2n) is 3.77. The zero-order valence-corrected chi connectivity index (χ0v) is 10.8. The molecule has 0 aliphatic carbocycles. The number of rotatable bonds is 3. The quantitative estimate of drug-likeness (QED) is 0.895. The molecule has 2 aromatic heterocycles. The van der Waals surface area contributed by atoms with Gasteiger partial charge in [-0.1, -0.05) is 0 Å². The van der Waals surface area contributed by atoms with Crippen LogP contribution >= 0.6 is 11.3 Å². The van der Waals surface area contributed by atoms with Crippen LogP contribution in [0.2, 0.25) is 0 Å². The number of anilines is 1. The van der Waals surface area contributed by atoms with E-state index >= 15 is 0 Å². The molecule has 2 heterocycles. The van der Waals surface area contributed by atoms with Gasteiger partial charge in [-0.05, 0) is 13.8 Å². The standard InChI is InChI=1S/C11H12N4O2S/c1-7-8(2)13-6-15(10(7)17)5-9(16)14-11-12-3-4-18-11/h3-4,6H,5H2,1-2H3,(H,12,14,16). The fourth-order valence-electron chi connectivity index (χ4n) is 1.39. The SMILES string of the molecule is Cc1ncn(CC(=O)Nc2nccs2)c(=O)c1C. The minimum Gasteiger partial charge on any atom is -0.300 e. The highest BCUT2D eigenvalue weighted by atomic mass is 32.1. The molecule has 1 N–H and O–H groups in total. The molecule has 0 aliphatic heterocycles. The van der Waals surface area contributed by atoms with Gasteiger partial charge in [0.05, 0.1) is 6.33 Å². The van der Waals surface area contributed by atoms with E-state index in [1.807, 2.05) is 0 Å². The Morgan fingerprint density at radius 2 is 2.22 bits per heavy atom. The van der Waals surface area contributed by atoms with Crippen molar-refractivity contribution in [1.29, 1.82) is 0 Å². The molecule has 0 bridgehead atoms. The normalized spacial score (nSPS) is 10.3. The lowest BCUT2D eigenvalue weighted by Crippen LogP contribution is -2.29. The lowest BCUT2D eigenvalue weighted by Gasteiger charge is -2.07. The largest absolute Gasteiger partial charge is 0.300 e. The molecule has 7 heteroatoms. The van der Waals surface area contributed by atoms with Crippen molar-refractivity contribution in [3.8, 4) is 0 Å². The van der Waals surface area contributed by atoms with E-state index in [0.717, 1.165) is 0 Å². The smallest absolute Gasteiger partial charge is 0.256 e. The lowest BCUT2D eigenvalue weighted by atomic mass is 10.3. The summed E-state index contributed by atoms with van der Waals surface area (Å²) >= 11 is 1.33. The third-order valence-electron chi connectivity index (χ3n) is 2.51. The summed E-state index contributed by atoms with van der Waals surface area (Å²) in [6.07, 6.45) is 2.98. The molecule has 0 fully saturated rings. The number of aromatic nitrogens is 3. The monoisotopic (exact) mass is 264 g/mol. The van der Waals surface area contributed by atoms with Crippen molar-refractivity contribution in [2.45, 2.75) is 20.4 Å². The molecule has 0 unspecified atom stereocenters. The number of nitrogens with one attached hydrogen (secondary N) is 1. The van der Waals surface area contributed by atoms with Crippen LogP contribution in [-0.4, -0.2) is 20.4 Å². The van der Waals surface area contributed by atoms with E-state index in [1.165, 1.54) is 22.2 Å². The third kappa shape index (κ3) is 2.62. The minimum absolute atomic E-state index is 0.0630. The van der Waals surface area contributed by atoms with Crippen molar-refractivity contribution in [3.63, 3.8) is 0 Å². The lowest BCUT2D eigenvalue weighted by molar-refractivity contribution is -0.116. The molecule has 18 heavy (non-hydrogen) atoms. The summed E-state index contributed by atoms with van der Waals surface area (Å²) in [6.45, 7) is 3.39. The molecule has 2 rings (SSSR count). The van der Waals surface area contributed by atoms with E-state index in [2.05, 4.69) is 15.3 Å². The Kier molecular flexibility index (Phi) is 3.52. The van der Waals surface area contributed by atoms with Gasteiger partial charge in [0.15, 0.2) is 5.13 Å². The number of thiazole rings is 1. The van der Waals surface area contributed by atoms with Gasteiger partial charge in [-0.25, -0.2) is 9.97 Å². The van der Waals surface area contributed by atoms with E-state index in [9.17, 15) is 9.59 Å². The van der Waals surface area contributed by atoms with Crippen molar-refractivity contribution < 1.29 is 4.79 Å². The first kappa shape index (κ1) is 12.4. The highest BCUT2D eigenvalue weighted by molar-refractivity contribution is 7.13. The fourth-order valence-corrected chi connectivity index (χ4v) is 1.93. The maximum Gasteiger partial charge on any atom is 0.256 e. The minimum atomic E-state index is -0.294. The molecule has 0 saturated heterocycles. The van der Waals surface area contributed by atoms with Crippen molar-refractivity contribution >= 4 is 22.4 Å². The number of aryl methyl sites for hydroxylation is 1.